The minimum Gasteiger partial charge on any atom is -0.311 e. The molecular formula is C11H21NOS. The molecule has 0 bridgehead atoms. The molecule has 1 N–H and O–H groups in total. The van der Waals surface area contributed by atoms with Crippen molar-refractivity contribution in [2.75, 3.05) is 11.5 Å². The van der Waals surface area contributed by atoms with Crippen LogP contribution in [0.5, 0.6) is 0 Å². The van der Waals surface area contributed by atoms with Gasteiger partial charge in [-0.2, -0.15) is 0 Å². The van der Waals surface area contributed by atoms with Gasteiger partial charge in [-0.3, -0.25) is 4.21 Å². The fourth-order valence-corrected chi connectivity index (χ4v) is 3.95. The van der Waals surface area contributed by atoms with E-state index in [4.69, 9.17) is 0 Å². The lowest BCUT2D eigenvalue weighted by Crippen LogP contribution is -2.41. The molecule has 1 aliphatic heterocycles. The second-order valence-corrected chi connectivity index (χ2v) is 6.60. The monoisotopic (exact) mass is 215 g/mol. The van der Waals surface area contributed by atoms with E-state index in [0.717, 1.165) is 36.3 Å². The topological polar surface area (TPSA) is 29.1 Å². The maximum atomic E-state index is 11.2. The largest absolute Gasteiger partial charge is 0.311 e. The van der Waals surface area contributed by atoms with Crippen LogP contribution in [0.15, 0.2) is 0 Å². The minimum absolute atomic E-state index is 0.511. The van der Waals surface area contributed by atoms with Crippen molar-refractivity contribution in [2.45, 2.75) is 51.1 Å². The van der Waals surface area contributed by atoms with Crippen LogP contribution in [-0.4, -0.2) is 27.8 Å². The van der Waals surface area contributed by atoms with Crippen molar-refractivity contribution in [1.82, 2.24) is 5.32 Å². The Hall–Kier alpha value is 0.110. The fourth-order valence-electron chi connectivity index (χ4n) is 2.65. The summed E-state index contributed by atoms with van der Waals surface area (Å²) in [7, 11) is -0.511. The van der Waals surface area contributed by atoms with Gasteiger partial charge in [0.2, 0.25) is 0 Å². The number of hydrogen-bond donors (Lipinski definition) is 1. The molecule has 2 unspecified atom stereocenters. The Kier molecular flexibility index (Phi) is 3.61. The second-order valence-electron chi connectivity index (χ2n) is 4.90. The number of rotatable bonds is 2. The van der Waals surface area contributed by atoms with E-state index in [9.17, 15) is 4.21 Å². The Bertz CT molecular complexity index is 209. The quantitative estimate of drug-likeness (QED) is 0.759. The predicted octanol–water partition coefficient (Wildman–Crippen LogP) is 1.68. The molecule has 2 atom stereocenters. The van der Waals surface area contributed by atoms with E-state index in [0.29, 0.717) is 6.04 Å². The van der Waals surface area contributed by atoms with Gasteiger partial charge in [0.15, 0.2) is 0 Å². The van der Waals surface area contributed by atoms with Crippen LogP contribution >= 0.6 is 0 Å². The van der Waals surface area contributed by atoms with Gasteiger partial charge in [0.1, 0.15) is 0 Å². The van der Waals surface area contributed by atoms with Gasteiger partial charge in [-0.25, -0.2) is 0 Å². The molecule has 1 heterocycles. The summed E-state index contributed by atoms with van der Waals surface area (Å²) in [6.45, 7) is 2.34. The molecule has 1 saturated carbocycles. The highest BCUT2D eigenvalue weighted by molar-refractivity contribution is 7.85. The van der Waals surface area contributed by atoms with Crippen molar-refractivity contribution in [3.63, 3.8) is 0 Å². The Morgan fingerprint density at radius 2 is 1.79 bits per heavy atom. The smallest absolute Gasteiger partial charge is 0.0249 e. The third-order valence-electron chi connectivity index (χ3n) is 3.55. The van der Waals surface area contributed by atoms with Crippen molar-refractivity contribution >= 4 is 10.8 Å². The molecule has 14 heavy (non-hydrogen) atoms. The van der Waals surface area contributed by atoms with Crippen molar-refractivity contribution in [3.05, 3.63) is 0 Å². The lowest BCUT2D eigenvalue weighted by Gasteiger charge is -2.26. The zero-order chi connectivity index (χ0) is 9.97. The van der Waals surface area contributed by atoms with Gasteiger partial charge in [-0.15, -0.1) is 0 Å². The Balaban J connectivity index is 1.72. The van der Waals surface area contributed by atoms with Crippen molar-refractivity contribution < 1.29 is 4.21 Å². The highest BCUT2D eigenvalue weighted by Crippen LogP contribution is 2.25. The molecule has 3 heteroatoms. The van der Waals surface area contributed by atoms with E-state index in [1.807, 2.05) is 0 Å². The maximum Gasteiger partial charge on any atom is 0.0249 e. The first-order valence-electron chi connectivity index (χ1n) is 5.85. The third kappa shape index (κ3) is 2.80. The van der Waals surface area contributed by atoms with Crippen molar-refractivity contribution in [2.24, 2.45) is 5.92 Å². The van der Waals surface area contributed by atoms with Crippen LogP contribution in [0.3, 0.4) is 0 Å². The van der Waals surface area contributed by atoms with E-state index in [-0.39, 0.29) is 0 Å². The van der Waals surface area contributed by atoms with Crippen LogP contribution in [0.4, 0.5) is 0 Å². The molecule has 1 aliphatic carbocycles. The van der Waals surface area contributed by atoms with Crippen LogP contribution < -0.4 is 5.32 Å². The average Bonchev–Trinajstić information content (AvgIpc) is 2.56. The molecular weight excluding hydrogens is 194 g/mol. The molecule has 0 aromatic carbocycles. The third-order valence-corrected chi connectivity index (χ3v) is 4.94. The first kappa shape index (κ1) is 10.6. The van der Waals surface area contributed by atoms with Crippen LogP contribution in [0.2, 0.25) is 0 Å². The van der Waals surface area contributed by atoms with Crippen LogP contribution in [0, 0.1) is 5.92 Å². The Morgan fingerprint density at radius 3 is 2.36 bits per heavy atom. The fraction of sp³-hybridized carbons (Fsp3) is 1.00. The van der Waals surface area contributed by atoms with E-state index >= 15 is 0 Å². The predicted molar refractivity (Wildman–Crippen MR) is 60.8 cm³/mol. The lowest BCUT2D eigenvalue weighted by atomic mass is 10.1. The van der Waals surface area contributed by atoms with Gasteiger partial charge in [-0.05, 0) is 38.0 Å². The zero-order valence-corrected chi connectivity index (χ0v) is 9.81. The molecule has 1 saturated heterocycles. The molecule has 2 aliphatic rings. The van der Waals surface area contributed by atoms with E-state index < -0.39 is 10.8 Å². The molecule has 2 fully saturated rings. The lowest BCUT2D eigenvalue weighted by molar-refractivity contribution is 0.400. The molecule has 2 nitrogen and oxygen atoms in total. The normalized spacial score (nSPS) is 44.1. The summed E-state index contributed by atoms with van der Waals surface area (Å²) in [5.41, 5.74) is 0. The van der Waals surface area contributed by atoms with Crippen molar-refractivity contribution in [3.8, 4) is 0 Å². The second kappa shape index (κ2) is 4.75. The Labute approximate surface area is 89.3 Å². The molecule has 0 amide bonds. The first-order chi connectivity index (χ1) is 6.74. The van der Waals surface area contributed by atoms with Gasteiger partial charge in [0.05, 0.1) is 0 Å². The molecule has 0 radical (unpaired) electrons. The SMILES string of the molecule is CC1CCC(NC2CCS(=O)CC2)C1. The summed E-state index contributed by atoms with van der Waals surface area (Å²) in [6.07, 6.45) is 6.33. The molecule has 0 spiro atoms. The number of hydrogen-bond acceptors (Lipinski definition) is 2. The molecule has 0 aromatic rings. The van der Waals surface area contributed by atoms with Gasteiger partial charge >= 0.3 is 0 Å². The van der Waals surface area contributed by atoms with E-state index in [1.54, 1.807) is 0 Å². The van der Waals surface area contributed by atoms with Crippen LogP contribution in [0.25, 0.3) is 0 Å². The zero-order valence-electron chi connectivity index (χ0n) is 9.00. The van der Waals surface area contributed by atoms with Gasteiger partial charge < -0.3 is 5.32 Å². The summed E-state index contributed by atoms with van der Waals surface area (Å²) in [6, 6.07) is 1.41. The average molecular weight is 215 g/mol. The van der Waals surface area contributed by atoms with Gasteiger partial charge in [0.25, 0.3) is 0 Å². The summed E-state index contributed by atoms with van der Waals surface area (Å²) < 4.78 is 11.2. The summed E-state index contributed by atoms with van der Waals surface area (Å²) >= 11 is 0. The Morgan fingerprint density at radius 1 is 1.07 bits per heavy atom. The molecule has 0 aromatic heterocycles. The van der Waals surface area contributed by atoms with Gasteiger partial charge in [0, 0.05) is 34.4 Å². The van der Waals surface area contributed by atoms with Crippen molar-refractivity contribution in [1.29, 1.82) is 0 Å². The molecule has 2 rings (SSSR count). The maximum absolute atomic E-state index is 11.2. The highest BCUT2D eigenvalue weighted by atomic mass is 32.2. The van der Waals surface area contributed by atoms with Crippen LogP contribution in [-0.2, 0) is 10.8 Å². The summed E-state index contributed by atoms with van der Waals surface area (Å²) in [5, 5.41) is 3.73. The summed E-state index contributed by atoms with van der Waals surface area (Å²) in [4.78, 5) is 0. The minimum atomic E-state index is -0.511. The van der Waals surface area contributed by atoms with Gasteiger partial charge in [-0.1, -0.05) is 6.92 Å². The van der Waals surface area contributed by atoms with Crippen LogP contribution in [0.1, 0.15) is 39.0 Å². The molecule has 82 valence electrons. The summed E-state index contributed by atoms with van der Waals surface area (Å²) in [5.74, 6) is 2.74. The van der Waals surface area contributed by atoms with E-state index in [1.165, 1.54) is 19.3 Å². The highest BCUT2D eigenvalue weighted by Gasteiger charge is 2.25. The first-order valence-corrected chi connectivity index (χ1v) is 7.34. The number of nitrogens with one attached hydrogen (secondary N) is 1. The standard InChI is InChI=1S/C11H21NOS/c1-9-2-3-11(8-9)12-10-4-6-14(13)7-5-10/h9-12H,2-8H2,1H3. The van der Waals surface area contributed by atoms with E-state index in [2.05, 4.69) is 12.2 Å².